The lowest BCUT2D eigenvalue weighted by atomic mass is 10.0. The first-order valence-corrected chi connectivity index (χ1v) is 10.9. The normalized spacial score (nSPS) is 13.2. The number of nitrogens with one attached hydrogen (secondary N) is 1. The highest BCUT2D eigenvalue weighted by molar-refractivity contribution is 7.98. The van der Waals surface area contributed by atoms with E-state index in [2.05, 4.69) is 5.32 Å². The molecule has 0 saturated heterocycles. The summed E-state index contributed by atoms with van der Waals surface area (Å²) in [6, 6.07) is -1.69. The Labute approximate surface area is 178 Å². The van der Waals surface area contributed by atoms with Crippen LogP contribution >= 0.6 is 11.8 Å². The van der Waals surface area contributed by atoms with Crippen LogP contribution in [0.3, 0.4) is 0 Å². The molecular formula is C19H39N3O6S. The smallest absolute Gasteiger partial charge is 0.326 e. The molecule has 0 fully saturated rings. The second kappa shape index (κ2) is 19.7. The van der Waals surface area contributed by atoms with Crippen LogP contribution in [0, 0.1) is 11.8 Å². The van der Waals surface area contributed by atoms with Gasteiger partial charge in [0.05, 0.1) is 6.04 Å². The quantitative estimate of drug-likeness (QED) is 0.299. The third-order valence-corrected chi connectivity index (χ3v) is 3.90. The van der Waals surface area contributed by atoms with Gasteiger partial charge in [-0.25, -0.2) is 4.79 Å². The minimum atomic E-state index is -0.973. The zero-order chi connectivity index (χ0) is 23.6. The molecule has 0 unspecified atom stereocenters. The van der Waals surface area contributed by atoms with Crippen molar-refractivity contribution < 1.29 is 29.4 Å². The molecule has 0 aromatic carbocycles. The van der Waals surface area contributed by atoms with Crippen LogP contribution in [0.25, 0.3) is 0 Å². The van der Waals surface area contributed by atoms with Gasteiger partial charge in [0.25, 0.3) is 0 Å². The molecular weight excluding hydrogens is 398 g/mol. The predicted octanol–water partition coefficient (Wildman–Crippen LogP) is 1.33. The first kappa shape index (κ1) is 32.0. The summed E-state index contributed by atoms with van der Waals surface area (Å²) in [6.07, 6.45) is 4.60. The maximum absolute atomic E-state index is 10.6. The summed E-state index contributed by atoms with van der Waals surface area (Å²) < 4.78 is 0. The lowest BCUT2D eigenvalue weighted by molar-refractivity contribution is -0.142. The fourth-order valence-corrected chi connectivity index (χ4v) is 2.38. The Morgan fingerprint density at radius 2 is 1.48 bits per heavy atom. The molecule has 29 heavy (non-hydrogen) atoms. The summed E-state index contributed by atoms with van der Waals surface area (Å²) in [5.41, 5.74) is 10.5. The fourth-order valence-electron chi connectivity index (χ4n) is 1.87. The fraction of sp³-hybridized carbons (Fsp3) is 0.789. The summed E-state index contributed by atoms with van der Waals surface area (Å²) >= 11 is 1.71. The standard InChI is InChI=1S/C8H15NO3.C6H13NO2.C5H11NOS/c1-5(2)4-7(8(11)12)9-6(3)10;1-4(2)3-5(7)6(8)9;1-8-3-2-5(6)4-7/h5,7H,4H2,1-3H3,(H,9,10)(H,11,12);4-5H,3,7H2,1-2H3,(H,8,9);4-5H,2-3,6H2,1H3/t7-;2*5-/m000/s1. The Morgan fingerprint density at radius 3 is 1.72 bits per heavy atom. The van der Waals surface area contributed by atoms with E-state index in [1.165, 1.54) is 6.92 Å². The first-order chi connectivity index (χ1) is 13.3. The van der Waals surface area contributed by atoms with Gasteiger partial charge in [-0.15, -0.1) is 0 Å². The van der Waals surface area contributed by atoms with E-state index in [0.717, 1.165) is 18.5 Å². The van der Waals surface area contributed by atoms with Crippen LogP contribution in [0.5, 0.6) is 0 Å². The van der Waals surface area contributed by atoms with Gasteiger partial charge in [-0.1, -0.05) is 27.7 Å². The van der Waals surface area contributed by atoms with Gasteiger partial charge in [0, 0.05) is 6.92 Å². The van der Waals surface area contributed by atoms with Crippen molar-refractivity contribution in [1.29, 1.82) is 0 Å². The number of carbonyl (C=O) groups excluding carboxylic acids is 2. The number of carboxylic acid groups (broad SMARTS) is 2. The summed E-state index contributed by atoms with van der Waals surface area (Å²) in [6.45, 7) is 9.04. The molecule has 0 aliphatic carbocycles. The number of aliphatic carboxylic acids is 2. The van der Waals surface area contributed by atoms with Gasteiger partial charge in [-0.05, 0) is 43.1 Å². The summed E-state index contributed by atoms with van der Waals surface area (Å²) in [5, 5.41) is 19.3. The number of hydrogen-bond donors (Lipinski definition) is 5. The van der Waals surface area contributed by atoms with E-state index < -0.39 is 24.0 Å². The number of thioether (sulfide) groups is 1. The Morgan fingerprint density at radius 1 is 1.00 bits per heavy atom. The van der Waals surface area contributed by atoms with Crippen molar-refractivity contribution in [3.63, 3.8) is 0 Å². The molecule has 0 aliphatic rings. The van der Waals surface area contributed by atoms with Crippen LogP contribution in [-0.4, -0.2) is 64.5 Å². The molecule has 172 valence electrons. The maximum atomic E-state index is 10.6. The van der Waals surface area contributed by atoms with Gasteiger partial charge in [-0.2, -0.15) is 11.8 Å². The van der Waals surface area contributed by atoms with E-state index >= 15 is 0 Å². The molecule has 0 saturated carbocycles. The molecule has 0 aliphatic heterocycles. The van der Waals surface area contributed by atoms with Crippen LogP contribution in [-0.2, 0) is 19.2 Å². The molecule has 0 spiro atoms. The second-order valence-corrected chi connectivity index (χ2v) is 8.36. The highest BCUT2D eigenvalue weighted by atomic mass is 32.2. The lowest BCUT2D eigenvalue weighted by Gasteiger charge is -2.14. The number of amides is 1. The van der Waals surface area contributed by atoms with E-state index in [1.807, 2.05) is 34.0 Å². The number of rotatable bonds is 11. The Balaban J connectivity index is -0.000000359. The minimum absolute atomic E-state index is 0.248. The molecule has 7 N–H and O–H groups in total. The maximum Gasteiger partial charge on any atom is 0.326 e. The van der Waals surface area contributed by atoms with Gasteiger partial charge < -0.3 is 31.8 Å². The van der Waals surface area contributed by atoms with Gasteiger partial charge in [-0.3, -0.25) is 9.59 Å². The van der Waals surface area contributed by atoms with E-state index in [-0.39, 0.29) is 17.9 Å². The average molecular weight is 438 g/mol. The van der Waals surface area contributed by atoms with Crippen molar-refractivity contribution >= 4 is 35.9 Å². The van der Waals surface area contributed by atoms with Crippen molar-refractivity contribution in [2.45, 2.75) is 72.0 Å². The summed E-state index contributed by atoms with van der Waals surface area (Å²) in [7, 11) is 0. The summed E-state index contributed by atoms with van der Waals surface area (Å²) in [4.78, 5) is 41.1. The van der Waals surface area contributed by atoms with Crippen LogP contribution in [0.15, 0.2) is 0 Å². The topological polar surface area (TPSA) is 173 Å². The molecule has 0 aromatic heterocycles. The highest BCUT2D eigenvalue weighted by Crippen LogP contribution is 2.04. The molecule has 0 rings (SSSR count). The Kier molecular flexibility index (Phi) is 21.7. The lowest BCUT2D eigenvalue weighted by Crippen LogP contribution is -2.40. The molecule has 9 nitrogen and oxygen atoms in total. The number of nitrogens with two attached hydrogens (primary N) is 2. The third kappa shape index (κ3) is 26.4. The highest BCUT2D eigenvalue weighted by Gasteiger charge is 2.18. The molecule has 0 heterocycles. The zero-order valence-electron chi connectivity index (χ0n) is 18.4. The van der Waals surface area contributed by atoms with Crippen LogP contribution in [0.1, 0.15) is 53.9 Å². The van der Waals surface area contributed by atoms with Crippen LogP contribution in [0.2, 0.25) is 0 Å². The number of carbonyl (C=O) groups is 4. The molecule has 10 heteroatoms. The Bertz CT molecular complexity index is 475. The van der Waals surface area contributed by atoms with Crippen molar-refractivity contribution in [2.24, 2.45) is 23.3 Å². The molecule has 3 atom stereocenters. The number of carboxylic acids is 2. The van der Waals surface area contributed by atoms with Crippen LogP contribution < -0.4 is 16.8 Å². The van der Waals surface area contributed by atoms with Crippen molar-refractivity contribution in [2.75, 3.05) is 12.0 Å². The number of aldehydes is 1. The zero-order valence-corrected chi connectivity index (χ0v) is 19.2. The van der Waals surface area contributed by atoms with E-state index in [0.29, 0.717) is 18.8 Å². The van der Waals surface area contributed by atoms with Crippen molar-refractivity contribution in [3.05, 3.63) is 0 Å². The molecule has 0 radical (unpaired) electrons. The summed E-state index contributed by atoms with van der Waals surface area (Å²) in [5.74, 6) is -0.598. The van der Waals surface area contributed by atoms with E-state index in [9.17, 15) is 19.2 Å². The van der Waals surface area contributed by atoms with Gasteiger partial charge in [0.1, 0.15) is 18.4 Å². The van der Waals surface area contributed by atoms with E-state index in [1.54, 1.807) is 11.8 Å². The SMILES string of the molecule is CC(=O)N[C@@H](CC(C)C)C(=O)O.CC(C)C[C@H](N)C(=O)O.CSCC[C@H](N)C=O. The van der Waals surface area contributed by atoms with Crippen LogP contribution in [0.4, 0.5) is 0 Å². The van der Waals surface area contributed by atoms with Gasteiger partial charge in [0.15, 0.2) is 0 Å². The molecule has 0 aromatic rings. The van der Waals surface area contributed by atoms with E-state index in [4.69, 9.17) is 21.7 Å². The third-order valence-electron chi connectivity index (χ3n) is 3.26. The first-order valence-electron chi connectivity index (χ1n) is 9.46. The van der Waals surface area contributed by atoms with Crippen molar-refractivity contribution in [1.82, 2.24) is 5.32 Å². The van der Waals surface area contributed by atoms with Gasteiger partial charge in [0.2, 0.25) is 5.91 Å². The largest absolute Gasteiger partial charge is 0.480 e. The predicted molar refractivity (Wildman–Crippen MR) is 117 cm³/mol. The molecule has 1 amide bonds. The average Bonchev–Trinajstić information content (AvgIpc) is 2.58. The Hall–Kier alpha value is -1.65. The number of hydrogen-bond acceptors (Lipinski definition) is 7. The van der Waals surface area contributed by atoms with Gasteiger partial charge >= 0.3 is 11.9 Å². The van der Waals surface area contributed by atoms with Crippen molar-refractivity contribution in [3.8, 4) is 0 Å². The monoisotopic (exact) mass is 437 g/mol. The minimum Gasteiger partial charge on any atom is -0.480 e. The second-order valence-electron chi connectivity index (χ2n) is 7.38. The molecule has 0 bridgehead atoms.